The summed E-state index contributed by atoms with van der Waals surface area (Å²) in [6.07, 6.45) is -2.81. The Hall–Kier alpha value is -3.36. The Kier molecular flexibility index (Phi) is 3.69. The molecule has 2 heterocycles. The van der Waals surface area contributed by atoms with Crippen LogP contribution < -0.4 is 20.1 Å². The number of aromatic hydroxyl groups is 1. The summed E-state index contributed by atoms with van der Waals surface area (Å²) < 4.78 is 52.9. The number of phenolic OH excluding ortho intramolecular Hbond substituents is 1. The molecule has 0 spiro atoms. The van der Waals surface area contributed by atoms with Crippen LogP contribution in [0.25, 0.3) is 6.08 Å². The average molecular weight is 378 g/mol. The Morgan fingerprint density at radius 3 is 2.59 bits per heavy atom. The fraction of sp³-hybridized carbons (Fsp3) is 0.167. The second-order valence-electron chi connectivity index (χ2n) is 6.06. The molecule has 0 aliphatic carbocycles. The first-order valence-corrected chi connectivity index (χ1v) is 7.87. The van der Waals surface area contributed by atoms with E-state index >= 15 is 0 Å². The van der Waals surface area contributed by atoms with E-state index in [0.717, 1.165) is 6.08 Å². The number of hydrogen-bond acceptors (Lipinski definition) is 4. The van der Waals surface area contributed by atoms with Crippen LogP contribution in [0.3, 0.4) is 0 Å². The molecule has 0 radical (unpaired) electrons. The average Bonchev–Trinajstić information content (AvgIpc) is 3.04. The van der Waals surface area contributed by atoms with Crippen molar-refractivity contribution in [3.63, 3.8) is 0 Å². The van der Waals surface area contributed by atoms with Crippen LogP contribution in [0.15, 0.2) is 42.5 Å². The molecule has 0 fully saturated rings. The molecule has 0 unspecified atom stereocenters. The highest BCUT2D eigenvalue weighted by Crippen LogP contribution is 2.49. The van der Waals surface area contributed by atoms with Gasteiger partial charge in [-0.3, -0.25) is 0 Å². The Morgan fingerprint density at radius 2 is 1.89 bits per heavy atom. The molecule has 0 saturated carbocycles. The molecule has 0 bridgehead atoms. The topological polar surface area (TPSA) is 79.8 Å². The van der Waals surface area contributed by atoms with Gasteiger partial charge in [-0.2, -0.15) is 13.2 Å². The van der Waals surface area contributed by atoms with Gasteiger partial charge < -0.3 is 25.2 Å². The van der Waals surface area contributed by atoms with Crippen LogP contribution in [0, 0.1) is 0 Å². The van der Waals surface area contributed by atoms with Gasteiger partial charge in [0, 0.05) is 11.6 Å². The molecular formula is C18H13F3N2O4. The molecule has 0 aromatic heterocycles. The molecular weight excluding hydrogens is 365 g/mol. The lowest BCUT2D eigenvalue weighted by molar-refractivity contribution is -0.181. The van der Waals surface area contributed by atoms with Gasteiger partial charge in [0.15, 0.2) is 17.0 Å². The third-order valence-electron chi connectivity index (χ3n) is 4.34. The van der Waals surface area contributed by atoms with Crippen molar-refractivity contribution in [2.24, 2.45) is 0 Å². The first-order chi connectivity index (χ1) is 12.8. The molecule has 2 aliphatic rings. The number of anilines is 1. The van der Waals surface area contributed by atoms with E-state index < -0.39 is 17.7 Å². The van der Waals surface area contributed by atoms with Gasteiger partial charge in [-0.15, -0.1) is 0 Å². The molecule has 4 rings (SSSR count). The van der Waals surface area contributed by atoms with Crippen LogP contribution >= 0.6 is 0 Å². The zero-order chi connectivity index (χ0) is 19.2. The first kappa shape index (κ1) is 17.1. The highest BCUT2D eigenvalue weighted by Gasteiger charge is 2.58. The minimum Gasteiger partial charge on any atom is -0.508 e. The summed E-state index contributed by atoms with van der Waals surface area (Å²) in [4.78, 5) is 12.0. The predicted molar refractivity (Wildman–Crippen MR) is 89.6 cm³/mol. The Bertz CT molecular complexity index is 958. The number of ether oxygens (including phenoxy) is 2. The van der Waals surface area contributed by atoms with Gasteiger partial charge in [0.05, 0.1) is 5.69 Å². The van der Waals surface area contributed by atoms with Crippen LogP contribution in [0.4, 0.5) is 23.7 Å². The molecule has 2 aromatic carbocycles. The zero-order valence-corrected chi connectivity index (χ0v) is 13.6. The number of alkyl halides is 3. The van der Waals surface area contributed by atoms with Gasteiger partial charge in [0.25, 0.3) is 0 Å². The summed E-state index contributed by atoms with van der Waals surface area (Å²) >= 11 is 0. The molecule has 9 heteroatoms. The minimum atomic E-state index is -4.85. The number of urea groups is 1. The Labute approximate surface area is 151 Å². The van der Waals surface area contributed by atoms with Crippen molar-refractivity contribution in [2.75, 3.05) is 12.1 Å². The van der Waals surface area contributed by atoms with E-state index in [-0.39, 0.29) is 35.3 Å². The number of hydrogen-bond donors (Lipinski definition) is 3. The van der Waals surface area contributed by atoms with Crippen LogP contribution in [0.5, 0.6) is 17.2 Å². The summed E-state index contributed by atoms with van der Waals surface area (Å²) in [5.74, 6) is 0.325. The van der Waals surface area contributed by atoms with Crippen LogP contribution in [0.1, 0.15) is 11.1 Å². The monoisotopic (exact) mass is 378 g/mol. The third kappa shape index (κ3) is 2.80. The quantitative estimate of drug-likeness (QED) is 0.744. The van der Waals surface area contributed by atoms with E-state index in [1.54, 1.807) is 0 Å². The maximum atomic E-state index is 14.2. The fourth-order valence-corrected chi connectivity index (χ4v) is 3.07. The largest absolute Gasteiger partial charge is 0.508 e. The van der Waals surface area contributed by atoms with Crippen LogP contribution in [-0.2, 0) is 5.54 Å². The highest BCUT2D eigenvalue weighted by atomic mass is 19.4. The normalized spacial score (nSPS) is 20.9. The highest BCUT2D eigenvalue weighted by molar-refractivity contribution is 5.95. The van der Waals surface area contributed by atoms with Gasteiger partial charge in [-0.1, -0.05) is 18.2 Å². The molecule has 2 amide bonds. The number of amides is 2. The minimum absolute atomic E-state index is 0.0270. The van der Waals surface area contributed by atoms with Crippen molar-refractivity contribution in [3.8, 4) is 17.2 Å². The summed E-state index contributed by atoms with van der Waals surface area (Å²) in [6.45, 7) is -0.113. The van der Waals surface area contributed by atoms with Crippen molar-refractivity contribution in [1.29, 1.82) is 0 Å². The summed E-state index contributed by atoms with van der Waals surface area (Å²) in [5.41, 5.74) is -2.69. The number of nitrogens with one attached hydrogen (secondary N) is 2. The van der Waals surface area contributed by atoms with E-state index in [2.05, 4.69) is 5.32 Å². The zero-order valence-electron chi connectivity index (χ0n) is 13.6. The maximum absolute atomic E-state index is 14.2. The summed E-state index contributed by atoms with van der Waals surface area (Å²) in [7, 11) is 0. The lowest BCUT2D eigenvalue weighted by atomic mass is 9.85. The second-order valence-corrected chi connectivity index (χ2v) is 6.06. The molecule has 1 atom stereocenters. The standard InChI is InChI=1S/C18H13F3N2O4/c19-18(20,21)17(5-4-10-2-1-3-11(24)6-10)12-7-14-15(27-9-26-14)8-13(12)22-16(25)23-17/h1-8,24H,9H2,(H2,22,23,25)/t17-/m0/s1. The van der Waals surface area contributed by atoms with Crippen molar-refractivity contribution in [1.82, 2.24) is 5.32 Å². The maximum Gasteiger partial charge on any atom is 0.419 e. The number of fused-ring (bicyclic) bond motifs is 2. The second kappa shape index (κ2) is 5.83. The van der Waals surface area contributed by atoms with Gasteiger partial charge in [0.1, 0.15) is 5.75 Å². The molecule has 3 N–H and O–H groups in total. The first-order valence-electron chi connectivity index (χ1n) is 7.87. The lowest BCUT2D eigenvalue weighted by Crippen LogP contribution is -2.58. The summed E-state index contributed by atoms with van der Waals surface area (Å²) in [5, 5.41) is 13.9. The van der Waals surface area contributed by atoms with Gasteiger partial charge in [-0.25, -0.2) is 4.79 Å². The van der Waals surface area contributed by atoms with Crippen LogP contribution in [-0.4, -0.2) is 24.1 Å². The van der Waals surface area contributed by atoms with Crippen molar-refractivity contribution >= 4 is 17.8 Å². The number of rotatable bonds is 2. The van der Waals surface area contributed by atoms with E-state index in [4.69, 9.17) is 9.47 Å². The molecule has 0 saturated heterocycles. The molecule has 2 aliphatic heterocycles. The van der Waals surface area contributed by atoms with Gasteiger partial charge in [0.2, 0.25) is 6.79 Å². The van der Waals surface area contributed by atoms with E-state index in [1.165, 1.54) is 42.5 Å². The molecule has 2 aromatic rings. The number of carbonyl (C=O) groups excluding carboxylic acids is 1. The molecule has 27 heavy (non-hydrogen) atoms. The number of benzene rings is 2. The summed E-state index contributed by atoms with van der Waals surface area (Å²) in [6, 6.07) is 7.25. The van der Waals surface area contributed by atoms with Crippen molar-refractivity contribution in [2.45, 2.75) is 11.7 Å². The molecule has 6 nitrogen and oxygen atoms in total. The number of carbonyl (C=O) groups is 1. The van der Waals surface area contributed by atoms with Crippen LogP contribution in [0.2, 0.25) is 0 Å². The predicted octanol–water partition coefficient (Wildman–Crippen LogP) is 3.73. The van der Waals surface area contributed by atoms with Crippen molar-refractivity contribution in [3.05, 3.63) is 53.6 Å². The van der Waals surface area contributed by atoms with Gasteiger partial charge in [-0.05, 0) is 29.8 Å². The third-order valence-corrected chi connectivity index (χ3v) is 4.34. The lowest BCUT2D eigenvalue weighted by Gasteiger charge is -2.39. The fourth-order valence-electron chi connectivity index (χ4n) is 3.07. The smallest absolute Gasteiger partial charge is 0.419 e. The SMILES string of the molecule is O=C1Nc2cc3c(cc2[C@@](C=Cc2cccc(O)c2)(C(F)(F)F)N1)OCO3. The van der Waals surface area contributed by atoms with E-state index in [0.29, 0.717) is 5.56 Å². The van der Waals surface area contributed by atoms with E-state index in [1.807, 2.05) is 5.32 Å². The Morgan fingerprint density at radius 1 is 1.15 bits per heavy atom. The van der Waals surface area contributed by atoms with E-state index in [9.17, 15) is 23.1 Å². The van der Waals surface area contributed by atoms with Crippen molar-refractivity contribution < 1.29 is 32.5 Å². The number of halogens is 3. The van der Waals surface area contributed by atoms with Gasteiger partial charge >= 0.3 is 12.2 Å². The Balaban J connectivity index is 1.89. The molecule has 140 valence electrons. The number of phenols is 1.